The van der Waals surface area contributed by atoms with Crippen LogP contribution in [0.1, 0.15) is 13.8 Å². The van der Waals surface area contributed by atoms with E-state index in [4.69, 9.17) is 11.5 Å². The molecule has 45 valence electrons. The van der Waals surface area contributed by atoms with Crippen molar-refractivity contribution in [1.29, 1.82) is 0 Å². The Bertz CT molecular complexity index is 34.2. The molecule has 0 unspecified atom stereocenters. The maximum Gasteiger partial charge on any atom is 0.0578 e. The fourth-order valence-electron chi connectivity index (χ4n) is 0. The van der Waals surface area contributed by atoms with Gasteiger partial charge in [-0.3, -0.25) is 0 Å². The Morgan fingerprint density at radius 3 is 1.12 bits per heavy atom. The molecule has 0 rings (SSSR count). The third kappa shape index (κ3) is 490. The molecule has 0 aliphatic heterocycles. The van der Waals surface area contributed by atoms with Crippen LogP contribution in [0.5, 0.6) is 0 Å². The van der Waals surface area contributed by atoms with E-state index in [2.05, 4.69) is 13.2 Å². The molecule has 8 heavy (non-hydrogen) atoms. The summed E-state index contributed by atoms with van der Waals surface area (Å²) in [4.78, 5) is 0. The quantitative estimate of drug-likeness (QED) is 0.273. The van der Waals surface area contributed by atoms with Crippen molar-refractivity contribution in [3.05, 3.63) is 13.2 Å². The zero-order valence-electron chi connectivity index (χ0n) is 6.07. The van der Waals surface area contributed by atoms with Crippen molar-refractivity contribution < 1.29 is 0 Å². The summed E-state index contributed by atoms with van der Waals surface area (Å²) in [6, 6.07) is 0. The van der Waals surface area contributed by atoms with E-state index in [1.54, 1.807) is 13.8 Å². The topological polar surface area (TPSA) is 52.0 Å². The SMILES string of the molecule is C=C.CC(C)(N)N.[Na]. The van der Waals surface area contributed by atoms with Crippen LogP contribution in [-0.2, 0) is 0 Å². The van der Waals surface area contributed by atoms with Crippen LogP contribution >= 0.6 is 0 Å². The fourth-order valence-corrected chi connectivity index (χ4v) is 0. The summed E-state index contributed by atoms with van der Waals surface area (Å²) in [5, 5.41) is 0. The zero-order valence-corrected chi connectivity index (χ0v) is 8.07. The van der Waals surface area contributed by atoms with Crippen LogP contribution in [0.15, 0.2) is 13.2 Å². The third-order valence-corrected chi connectivity index (χ3v) is 0. The fraction of sp³-hybridized carbons (Fsp3) is 0.600. The second-order valence-electron chi connectivity index (χ2n) is 1.82. The second kappa shape index (κ2) is 7.66. The largest absolute Gasteiger partial charge is 0.314 e. The van der Waals surface area contributed by atoms with Crippen molar-refractivity contribution in [3.8, 4) is 0 Å². The molecule has 3 heteroatoms. The molecular weight excluding hydrogens is 111 g/mol. The predicted molar refractivity (Wildman–Crippen MR) is 39.5 cm³/mol. The van der Waals surface area contributed by atoms with Crippen LogP contribution in [0.25, 0.3) is 0 Å². The van der Waals surface area contributed by atoms with E-state index in [1.807, 2.05) is 0 Å². The van der Waals surface area contributed by atoms with Crippen LogP contribution in [0.2, 0.25) is 0 Å². The van der Waals surface area contributed by atoms with E-state index in [0.29, 0.717) is 0 Å². The smallest absolute Gasteiger partial charge is 0.0578 e. The Balaban J connectivity index is -0.0000000750. The van der Waals surface area contributed by atoms with Gasteiger partial charge >= 0.3 is 0 Å². The molecule has 0 fully saturated rings. The van der Waals surface area contributed by atoms with E-state index < -0.39 is 5.66 Å². The van der Waals surface area contributed by atoms with Crippen molar-refractivity contribution in [3.63, 3.8) is 0 Å². The van der Waals surface area contributed by atoms with E-state index in [9.17, 15) is 0 Å². The molecule has 0 spiro atoms. The van der Waals surface area contributed by atoms with Gasteiger partial charge in [0.25, 0.3) is 0 Å². The molecule has 0 saturated carbocycles. The van der Waals surface area contributed by atoms with E-state index in [1.165, 1.54) is 0 Å². The van der Waals surface area contributed by atoms with Gasteiger partial charge in [0, 0.05) is 29.6 Å². The molecule has 0 aromatic heterocycles. The molecule has 0 heterocycles. The standard InChI is InChI=1S/C3H10N2.C2H4.Na/c1-3(2,4)5;1-2;/h4-5H2,1-2H3;1-2H2;. The summed E-state index contributed by atoms with van der Waals surface area (Å²) in [5.74, 6) is 0. The first-order valence-electron chi connectivity index (χ1n) is 2.08. The first-order valence-corrected chi connectivity index (χ1v) is 2.08. The monoisotopic (exact) mass is 125 g/mol. The van der Waals surface area contributed by atoms with Gasteiger partial charge in [-0.2, -0.15) is 0 Å². The van der Waals surface area contributed by atoms with Crippen molar-refractivity contribution in [2.24, 2.45) is 11.5 Å². The van der Waals surface area contributed by atoms with Gasteiger partial charge < -0.3 is 11.5 Å². The van der Waals surface area contributed by atoms with Gasteiger partial charge in [-0.05, 0) is 13.8 Å². The second-order valence-corrected chi connectivity index (χ2v) is 1.82. The molecule has 2 nitrogen and oxygen atoms in total. The van der Waals surface area contributed by atoms with Crippen LogP contribution in [-0.4, -0.2) is 35.2 Å². The normalized spacial score (nSPS) is 8.00. The van der Waals surface area contributed by atoms with Gasteiger partial charge in [0.2, 0.25) is 0 Å². The molecule has 0 aliphatic carbocycles. The van der Waals surface area contributed by atoms with Crippen LogP contribution in [0, 0.1) is 0 Å². The minimum atomic E-state index is -0.500. The van der Waals surface area contributed by atoms with Crippen molar-refractivity contribution >= 4 is 29.6 Å². The molecule has 0 aliphatic rings. The average Bonchev–Trinajstić information content (AvgIpc) is 1.36. The Morgan fingerprint density at radius 1 is 1.12 bits per heavy atom. The van der Waals surface area contributed by atoms with Crippen LogP contribution in [0.3, 0.4) is 0 Å². The third-order valence-electron chi connectivity index (χ3n) is 0. The Hall–Kier alpha value is 0.660. The summed E-state index contributed by atoms with van der Waals surface area (Å²) in [7, 11) is 0. The summed E-state index contributed by atoms with van der Waals surface area (Å²) < 4.78 is 0. The van der Waals surface area contributed by atoms with Gasteiger partial charge in [-0.1, -0.05) is 0 Å². The van der Waals surface area contributed by atoms with E-state index in [0.717, 1.165) is 0 Å². The van der Waals surface area contributed by atoms with Gasteiger partial charge in [-0.25, -0.2) is 0 Å². The molecule has 0 atom stereocenters. The molecule has 4 N–H and O–H groups in total. The summed E-state index contributed by atoms with van der Waals surface area (Å²) in [6.45, 7) is 9.49. The number of hydrogen-bond donors (Lipinski definition) is 2. The maximum absolute atomic E-state index is 5.13. The molecule has 0 amide bonds. The molecule has 0 aromatic rings. The zero-order chi connectivity index (χ0) is 6.50. The molecule has 0 aromatic carbocycles. The molecule has 0 bridgehead atoms. The molecule has 1 radical (unpaired) electrons. The maximum atomic E-state index is 5.13. The Kier molecular flexibility index (Phi) is 15.2. The van der Waals surface area contributed by atoms with Gasteiger partial charge in [0.1, 0.15) is 0 Å². The van der Waals surface area contributed by atoms with Gasteiger partial charge in [-0.15, -0.1) is 13.2 Å². The van der Waals surface area contributed by atoms with Crippen molar-refractivity contribution in [2.45, 2.75) is 19.5 Å². The van der Waals surface area contributed by atoms with Crippen LogP contribution in [0.4, 0.5) is 0 Å². The first kappa shape index (κ1) is 15.9. The number of rotatable bonds is 0. The van der Waals surface area contributed by atoms with Gasteiger partial charge in [0.15, 0.2) is 0 Å². The molecular formula is C5H14N2Na. The Morgan fingerprint density at radius 2 is 1.12 bits per heavy atom. The molecule has 0 saturated heterocycles. The summed E-state index contributed by atoms with van der Waals surface area (Å²) in [6.07, 6.45) is 0. The van der Waals surface area contributed by atoms with Crippen LogP contribution < -0.4 is 11.5 Å². The minimum absolute atomic E-state index is 0. The minimum Gasteiger partial charge on any atom is -0.314 e. The summed E-state index contributed by atoms with van der Waals surface area (Å²) >= 11 is 0. The van der Waals surface area contributed by atoms with Crippen molar-refractivity contribution in [2.75, 3.05) is 0 Å². The Labute approximate surface area is 73.6 Å². The summed E-state index contributed by atoms with van der Waals surface area (Å²) in [5.41, 5.74) is 9.76. The number of nitrogens with two attached hydrogens (primary N) is 2. The van der Waals surface area contributed by atoms with Gasteiger partial charge in [0.05, 0.1) is 5.66 Å². The first-order chi connectivity index (χ1) is 3.00. The average molecular weight is 125 g/mol. The van der Waals surface area contributed by atoms with E-state index in [-0.39, 0.29) is 29.6 Å². The van der Waals surface area contributed by atoms with E-state index >= 15 is 0 Å². The number of hydrogen-bond acceptors (Lipinski definition) is 2. The predicted octanol–water partition coefficient (Wildman–Crippen LogP) is 0.0613. The van der Waals surface area contributed by atoms with Crippen molar-refractivity contribution in [1.82, 2.24) is 0 Å².